The van der Waals surface area contributed by atoms with Gasteiger partial charge in [-0.15, -0.1) is 0 Å². The molecule has 152 valence electrons. The molecule has 0 nitrogen and oxygen atoms in total. The van der Waals surface area contributed by atoms with Crippen molar-refractivity contribution in [2.45, 2.75) is 77.0 Å². The van der Waals surface area contributed by atoms with Crippen LogP contribution in [0.3, 0.4) is 0 Å². The van der Waals surface area contributed by atoms with Crippen LogP contribution in [0.25, 0.3) is 0 Å². The monoisotopic (exact) mass is 388 g/mol. The third-order valence-corrected chi connectivity index (χ3v) is 6.53. The summed E-state index contributed by atoms with van der Waals surface area (Å²) in [5.41, 5.74) is 0.571. The minimum absolute atomic E-state index is 0.0940. The van der Waals surface area contributed by atoms with Crippen molar-refractivity contribution in [1.82, 2.24) is 0 Å². The lowest BCUT2D eigenvalue weighted by molar-refractivity contribution is 0.294. The van der Waals surface area contributed by atoms with Crippen molar-refractivity contribution in [3.8, 4) is 11.8 Å². The fraction of sp³-hybridized carbons (Fsp3) is 0.600. The van der Waals surface area contributed by atoms with E-state index in [4.69, 9.17) is 0 Å². The van der Waals surface area contributed by atoms with Gasteiger partial charge in [0.2, 0.25) is 0 Å². The topological polar surface area (TPSA) is 0 Å². The Morgan fingerprint density at radius 2 is 1.57 bits per heavy atom. The van der Waals surface area contributed by atoms with E-state index in [2.05, 4.69) is 24.8 Å². The molecule has 28 heavy (non-hydrogen) atoms. The second-order valence-electron chi connectivity index (χ2n) is 8.56. The molecule has 2 aliphatic rings. The molecule has 0 aromatic heterocycles. The van der Waals surface area contributed by atoms with E-state index in [0.717, 1.165) is 43.7 Å². The van der Waals surface area contributed by atoms with Gasteiger partial charge in [-0.3, -0.25) is 0 Å². The summed E-state index contributed by atoms with van der Waals surface area (Å²) >= 11 is 0. The van der Waals surface area contributed by atoms with Gasteiger partial charge in [-0.1, -0.05) is 37.7 Å². The van der Waals surface area contributed by atoms with Crippen molar-refractivity contribution in [1.29, 1.82) is 0 Å². The number of halogens is 3. The van der Waals surface area contributed by atoms with E-state index in [-0.39, 0.29) is 5.92 Å². The van der Waals surface area contributed by atoms with E-state index in [1.54, 1.807) is 0 Å². The molecule has 0 bridgehead atoms. The highest BCUT2D eigenvalue weighted by Crippen LogP contribution is 2.36. The number of hydrogen-bond acceptors (Lipinski definition) is 0. The molecule has 0 heterocycles. The highest BCUT2D eigenvalue weighted by atomic mass is 19.2. The second kappa shape index (κ2) is 10.2. The van der Waals surface area contributed by atoms with Crippen molar-refractivity contribution in [2.24, 2.45) is 17.8 Å². The fourth-order valence-electron chi connectivity index (χ4n) is 4.81. The van der Waals surface area contributed by atoms with E-state index in [1.807, 2.05) is 6.08 Å². The maximum Gasteiger partial charge on any atom is 0.194 e. The molecule has 3 heteroatoms. The molecule has 2 aliphatic carbocycles. The standard InChI is InChI=1S/C25H31F3/c1-2-5-18-8-10-19(11-9-18)6-3-4-7-20-12-14-21(15-13-20)22-16-23(26)25(28)24(27)17-22/h3,6,16-21H,2,5,8-15H2,1H3. The summed E-state index contributed by atoms with van der Waals surface area (Å²) in [5, 5.41) is 0. The van der Waals surface area contributed by atoms with Crippen LogP contribution in [0.2, 0.25) is 0 Å². The van der Waals surface area contributed by atoms with E-state index >= 15 is 0 Å². The van der Waals surface area contributed by atoms with Gasteiger partial charge in [-0.25, -0.2) is 13.2 Å². The molecule has 0 unspecified atom stereocenters. The van der Waals surface area contributed by atoms with Gasteiger partial charge in [-0.2, -0.15) is 0 Å². The lowest BCUT2D eigenvalue weighted by atomic mass is 9.79. The average Bonchev–Trinajstić information content (AvgIpc) is 2.71. The Bertz CT molecular complexity index is 701. The summed E-state index contributed by atoms with van der Waals surface area (Å²) in [6.45, 7) is 2.27. The Kier molecular flexibility index (Phi) is 7.65. The quantitative estimate of drug-likeness (QED) is 0.369. The smallest absolute Gasteiger partial charge is 0.194 e. The maximum absolute atomic E-state index is 13.4. The minimum atomic E-state index is -1.38. The van der Waals surface area contributed by atoms with Crippen LogP contribution < -0.4 is 0 Å². The highest BCUT2D eigenvalue weighted by molar-refractivity contribution is 5.25. The minimum Gasteiger partial charge on any atom is -0.204 e. The third kappa shape index (κ3) is 5.66. The fourth-order valence-corrected chi connectivity index (χ4v) is 4.81. The maximum atomic E-state index is 13.4. The van der Waals surface area contributed by atoms with Gasteiger partial charge in [0.05, 0.1) is 0 Å². The lowest BCUT2D eigenvalue weighted by Gasteiger charge is -2.26. The average molecular weight is 389 g/mol. The molecule has 0 amide bonds. The molecular formula is C25H31F3. The van der Waals surface area contributed by atoms with Gasteiger partial charge < -0.3 is 0 Å². The molecule has 2 saturated carbocycles. The normalized spacial score (nSPS) is 28.1. The number of hydrogen-bond donors (Lipinski definition) is 0. The zero-order chi connectivity index (χ0) is 19.9. The van der Waals surface area contributed by atoms with Gasteiger partial charge >= 0.3 is 0 Å². The van der Waals surface area contributed by atoms with Crippen LogP contribution in [0.1, 0.15) is 82.6 Å². The van der Waals surface area contributed by atoms with Crippen LogP contribution in [0.5, 0.6) is 0 Å². The van der Waals surface area contributed by atoms with Crippen LogP contribution >= 0.6 is 0 Å². The van der Waals surface area contributed by atoms with Crippen molar-refractivity contribution < 1.29 is 13.2 Å². The van der Waals surface area contributed by atoms with Gasteiger partial charge in [0.15, 0.2) is 17.5 Å². The zero-order valence-electron chi connectivity index (χ0n) is 16.8. The summed E-state index contributed by atoms with van der Waals surface area (Å²) < 4.78 is 40.0. The Labute approximate surface area is 167 Å². The first-order chi connectivity index (χ1) is 13.6. The molecule has 0 atom stereocenters. The molecule has 3 rings (SSSR count). The van der Waals surface area contributed by atoms with E-state index < -0.39 is 17.5 Å². The van der Waals surface area contributed by atoms with Crippen LogP contribution in [0, 0.1) is 47.0 Å². The highest BCUT2D eigenvalue weighted by Gasteiger charge is 2.23. The Balaban J connectivity index is 1.44. The lowest BCUT2D eigenvalue weighted by Crippen LogP contribution is -2.13. The van der Waals surface area contributed by atoms with Gasteiger partial charge in [0.1, 0.15) is 0 Å². The van der Waals surface area contributed by atoms with E-state index in [1.165, 1.54) is 38.5 Å². The van der Waals surface area contributed by atoms with Crippen molar-refractivity contribution in [2.75, 3.05) is 0 Å². The largest absolute Gasteiger partial charge is 0.204 e. The molecule has 2 fully saturated rings. The van der Waals surface area contributed by atoms with E-state index in [9.17, 15) is 13.2 Å². The Morgan fingerprint density at radius 3 is 2.18 bits per heavy atom. The SMILES string of the molecule is CCCC1CCC(C=CC#CC2CCC(c3cc(F)c(F)c(F)c3)CC2)CC1. The van der Waals surface area contributed by atoms with Crippen LogP contribution in [-0.2, 0) is 0 Å². The molecule has 0 N–H and O–H groups in total. The van der Waals surface area contributed by atoms with Crippen molar-refractivity contribution >= 4 is 0 Å². The molecule has 1 aromatic carbocycles. The number of rotatable bonds is 4. The first-order valence-corrected chi connectivity index (χ1v) is 10.9. The first kappa shape index (κ1) is 21.0. The number of benzene rings is 1. The molecular weight excluding hydrogens is 357 g/mol. The molecule has 0 radical (unpaired) electrons. The molecule has 0 saturated heterocycles. The van der Waals surface area contributed by atoms with Gasteiger partial charge in [-0.05, 0) is 92.9 Å². The van der Waals surface area contributed by atoms with Gasteiger partial charge in [0.25, 0.3) is 0 Å². The molecule has 0 spiro atoms. The summed E-state index contributed by atoms with van der Waals surface area (Å²) in [6, 6.07) is 2.29. The predicted molar refractivity (Wildman–Crippen MR) is 108 cm³/mol. The first-order valence-electron chi connectivity index (χ1n) is 10.9. The summed E-state index contributed by atoms with van der Waals surface area (Å²) in [4.78, 5) is 0. The molecule has 0 aliphatic heterocycles. The van der Waals surface area contributed by atoms with Gasteiger partial charge in [0, 0.05) is 5.92 Å². The summed E-state index contributed by atoms with van der Waals surface area (Å²) in [6.07, 6.45) is 15.8. The van der Waals surface area contributed by atoms with Crippen LogP contribution in [0.4, 0.5) is 13.2 Å². The van der Waals surface area contributed by atoms with Crippen molar-refractivity contribution in [3.05, 3.63) is 47.3 Å². The summed E-state index contributed by atoms with van der Waals surface area (Å²) in [5.74, 6) is 5.05. The molecule has 1 aromatic rings. The zero-order valence-corrected chi connectivity index (χ0v) is 16.8. The second-order valence-corrected chi connectivity index (χ2v) is 8.56. The van der Waals surface area contributed by atoms with Crippen molar-refractivity contribution in [3.63, 3.8) is 0 Å². The number of allylic oxidation sites excluding steroid dienone is 2. The van der Waals surface area contributed by atoms with Crippen LogP contribution in [-0.4, -0.2) is 0 Å². The van der Waals surface area contributed by atoms with E-state index in [0.29, 0.717) is 17.4 Å². The Morgan fingerprint density at radius 1 is 0.929 bits per heavy atom. The third-order valence-electron chi connectivity index (χ3n) is 6.53. The summed E-state index contributed by atoms with van der Waals surface area (Å²) in [7, 11) is 0. The Hall–Kier alpha value is -1.69. The van der Waals surface area contributed by atoms with Crippen LogP contribution in [0.15, 0.2) is 24.3 Å². The predicted octanol–water partition coefficient (Wildman–Crippen LogP) is 7.54.